The summed E-state index contributed by atoms with van der Waals surface area (Å²) < 4.78 is 5.80. The largest absolute Gasteiger partial charge is 0.544 e. The molecule has 1 aromatic rings. The molecular weight excluding hydrogens is 220 g/mol. The number of carbonyl (C=O) groups excluding carboxylic acids is 1. The van der Waals surface area contributed by atoms with Gasteiger partial charge in [0.05, 0.1) is 5.56 Å². The summed E-state index contributed by atoms with van der Waals surface area (Å²) in [4.78, 5) is 11.5. The third-order valence-electron chi connectivity index (χ3n) is 1.92. The molecule has 0 aliphatic heterocycles. The smallest absolute Gasteiger partial charge is 0.253 e. The molecule has 0 aliphatic rings. The molecule has 88 valence electrons. The van der Waals surface area contributed by atoms with Crippen molar-refractivity contribution in [2.45, 2.75) is 19.6 Å². The van der Waals surface area contributed by atoms with Crippen LogP contribution in [0, 0.1) is 0 Å². The number of carbonyl (C=O) groups is 1. The van der Waals surface area contributed by atoms with Gasteiger partial charge in [0.1, 0.15) is 5.75 Å². The molecule has 0 saturated heterocycles. The van der Waals surface area contributed by atoms with Crippen molar-refractivity contribution in [3.63, 3.8) is 0 Å². The van der Waals surface area contributed by atoms with Crippen LogP contribution in [0.1, 0.15) is 10.4 Å². The highest BCUT2D eigenvalue weighted by Crippen LogP contribution is 2.22. The monoisotopic (exact) mass is 238 g/mol. The summed E-state index contributed by atoms with van der Waals surface area (Å²) in [5.41, 5.74) is 6.64. The van der Waals surface area contributed by atoms with E-state index in [1.54, 1.807) is 25.2 Å². The van der Waals surface area contributed by atoms with E-state index in [4.69, 9.17) is 10.2 Å². The summed E-state index contributed by atoms with van der Waals surface area (Å²) in [6, 6.07) is 5.17. The van der Waals surface area contributed by atoms with Gasteiger partial charge in [-0.05, 0) is 37.8 Å². The van der Waals surface area contributed by atoms with E-state index in [9.17, 15) is 4.79 Å². The second-order valence-corrected chi connectivity index (χ2v) is 8.97. The first-order valence-electron chi connectivity index (χ1n) is 5.14. The van der Waals surface area contributed by atoms with Crippen LogP contribution in [0.15, 0.2) is 18.2 Å². The van der Waals surface area contributed by atoms with Gasteiger partial charge in [-0.25, -0.2) is 0 Å². The molecule has 5 heteroatoms. The van der Waals surface area contributed by atoms with Gasteiger partial charge in [-0.15, -0.1) is 0 Å². The lowest BCUT2D eigenvalue weighted by Gasteiger charge is -2.19. The van der Waals surface area contributed by atoms with Crippen LogP contribution >= 0.6 is 0 Å². The van der Waals surface area contributed by atoms with E-state index in [2.05, 4.69) is 25.0 Å². The van der Waals surface area contributed by atoms with Crippen LogP contribution in [0.5, 0.6) is 5.75 Å². The van der Waals surface area contributed by atoms with Crippen molar-refractivity contribution < 1.29 is 9.22 Å². The molecule has 0 fully saturated rings. The minimum atomic E-state index is -1.66. The molecule has 3 N–H and O–H groups in total. The lowest BCUT2D eigenvalue weighted by molar-refractivity contribution is 0.0963. The molecule has 1 amide bonds. The maximum absolute atomic E-state index is 11.5. The molecule has 16 heavy (non-hydrogen) atoms. The van der Waals surface area contributed by atoms with E-state index < -0.39 is 8.32 Å². The van der Waals surface area contributed by atoms with Crippen molar-refractivity contribution >= 4 is 19.9 Å². The fraction of sp³-hybridized carbons (Fsp3) is 0.364. The zero-order chi connectivity index (χ0) is 12.3. The third kappa shape index (κ3) is 3.27. The fourth-order valence-electron chi connectivity index (χ4n) is 1.28. The van der Waals surface area contributed by atoms with Crippen molar-refractivity contribution in [1.82, 2.24) is 5.32 Å². The van der Waals surface area contributed by atoms with Crippen molar-refractivity contribution in [3.05, 3.63) is 23.8 Å². The number of nitrogen functional groups attached to an aromatic ring is 1. The number of hydrogen-bond donors (Lipinski definition) is 2. The molecule has 0 saturated carbocycles. The van der Waals surface area contributed by atoms with E-state index >= 15 is 0 Å². The van der Waals surface area contributed by atoms with Gasteiger partial charge in [-0.3, -0.25) is 4.79 Å². The zero-order valence-electron chi connectivity index (χ0n) is 10.1. The Morgan fingerprint density at radius 2 is 2.00 bits per heavy atom. The standard InChI is InChI=1S/C11H18N2O2Si/c1-13-11(14)9-7-8(5-6-10(9)12)15-16(2,3)4/h5-7H,12H2,1-4H3,(H,13,14). The van der Waals surface area contributed by atoms with Crippen molar-refractivity contribution in [3.8, 4) is 5.75 Å². The Morgan fingerprint density at radius 3 is 2.50 bits per heavy atom. The summed E-state index contributed by atoms with van der Waals surface area (Å²) in [5, 5.41) is 2.55. The van der Waals surface area contributed by atoms with Crippen molar-refractivity contribution in [2.24, 2.45) is 0 Å². The minimum absolute atomic E-state index is 0.196. The Morgan fingerprint density at radius 1 is 1.38 bits per heavy atom. The third-order valence-corrected chi connectivity index (χ3v) is 2.77. The van der Waals surface area contributed by atoms with Gasteiger partial charge in [0.2, 0.25) is 8.32 Å². The van der Waals surface area contributed by atoms with Crippen LogP contribution in [0.25, 0.3) is 0 Å². The minimum Gasteiger partial charge on any atom is -0.544 e. The Bertz CT molecular complexity index is 399. The maximum atomic E-state index is 11.5. The van der Waals surface area contributed by atoms with Gasteiger partial charge >= 0.3 is 0 Å². The molecule has 0 bridgehead atoms. The molecule has 0 heterocycles. The van der Waals surface area contributed by atoms with Crippen LogP contribution in [-0.2, 0) is 0 Å². The normalized spacial score (nSPS) is 11.0. The molecule has 0 spiro atoms. The van der Waals surface area contributed by atoms with E-state index in [0.717, 1.165) is 0 Å². The number of rotatable bonds is 3. The van der Waals surface area contributed by atoms with E-state index in [-0.39, 0.29) is 5.91 Å². The lowest BCUT2D eigenvalue weighted by atomic mass is 10.1. The predicted octanol–water partition coefficient (Wildman–Crippen LogP) is 1.84. The molecule has 0 radical (unpaired) electrons. The fourth-order valence-corrected chi connectivity index (χ4v) is 2.12. The Hall–Kier alpha value is -1.49. The average molecular weight is 238 g/mol. The highest BCUT2D eigenvalue weighted by molar-refractivity contribution is 6.70. The van der Waals surface area contributed by atoms with Gasteiger partial charge in [-0.1, -0.05) is 0 Å². The first-order chi connectivity index (χ1) is 7.33. The van der Waals surface area contributed by atoms with E-state index in [1.807, 2.05) is 0 Å². The Kier molecular flexibility index (Phi) is 3.59. The zero-order valence-corrected chi connectivity index (χ0v) is 11.1. The van der Waals surface area contributed by atoms with Gasteiger partial charge in [0.25, 0.3) is 5.91 Å². The number of hydrogen-bond acceptors (Lipinski definition) is 3. The van der Waals surface area contributed by atoms with E-state index in [1.165, 1.54) is 0 Å². The average Bonchev–Trinajstić information content (AvgIpc) is 2.18. The molecule has 4 nitrogen and oxygen atoms in total. The second kappa shape index (κ2) is 4.57. The van der Waals surface area contributed by atoms with Gasteiger partial charge in [-0.2, -0.15) is 0 Å². The summed E-state index contributed by atoms with van der Waals surface area (Å²) in [7, 11) is -0.0787. The number of amides is 1. The number of benzene rings is 1. The quantitative estimate of drug-likeness (QED) is 0.624. The maximum Gasteiger partial charge on any atom is 0.253 e. The molecule has 0 aromatic heterocycles. The topological polar surface area (TPSA) is 64.3 Å². The van der Waals surface area contributed by atoms with Crippen LogP contribution in [0.4, 0.5) is 5.69 Å². The van der Waals surface area contributed by atoms with Gasteiger partial charge in [0, 0.05) is 12.7 Å². The number of anilines is 1. The van der Waals surface area contributed by atoms with Crippen LogP contribution in [0.2, 0.25) is 19.6 Å². The molecule has 0 atom stereocenters. The van der Waals surface area contributed by atoms with Crippen LogP contribution < -0.4 is 15.5 Å². The molecular formula is C11H18N2O2Si. The Balaban J connectivity index is 3.03. The molecule has 1 rings (SSSR count). The Labute approximate surface area is 96.9 Å². The van der Waals surface area contributed by atoms with Crippen molar-refractivity contribution in [1.29, 1.82) is 0 Å². The first kappa shape index (κ1) is 12.6. The highest BCUT2D eigenvalue weighted by Gasteiger charge is 2.17. The van der Waals surface area contributed by atoms with Gasteiger partial charge < -0.3 is 15.5 Å². The highest BCUT2D eigenvalue weighted by atomic mass is 28.4. The van der Waals surface area contributed by atoms with Crippen LogP contribution in [-0.4, -0.2) is 21.3 Å². The lowest BCUT2D eigenvalue weighted by Crippen LogP contribution is -2.29. The summed E-state index contributed by atoms with van der Waals surface area (Å²) in [6.07, 6.45) is 0. The van der Waals surface area contributed by atoms with E-state index in [0.29, 0.717) is 17.0 Å². The number of nitrogens with one attached hydrogen (secondary N) is 1. The predicted molar refractivity (Wildman–Crippen MR) is 68.2 cm³/mol. The first-order valence-corrected chi connectivity index (χ1v) is 8.55. The summed E-state index contributed by atoms with van der Waals surface area (Å²) in [6.45, 7) is 6.26. The number of nitrogens with two attached hydrogens (primary N) is 1. The molecule has 0 unspecified atom stereocenters. The SMILES string of the molecule is CNC(=O)c1cc(O[Si](C)(C)C)ccc1N. The summed E-state index contributed by atoms with van der Waals surface area (Å²) >= 11 is 0. The van der Waals surface area contributed by atoms with Crippen LogP contribution in [0.3, 0.4) is 0 Å². The van der Waals surface area contributed by atoms with Crippen molar-refractivity contribution in [2.75, 3.05) is 12.8 Å². The molecule has 1 aromatic carbocycles. The second-order valence-electron chi connectivity index (χ2n) is 4.54. The summed E-state index contributed by atoms with van der Waals surface area (Å²) in [5.74, 6) is 0.505. The molecule has 0 aliphatic carbocycles. The van der Waals surface area contributed by atoms with Gasteiger partial charge in [0.15, 0.2) is 0 Å².